The molecule has 3 heterocycles. The zero-order valence-corrected chi connectivity index (χ0v) is 20.4. The number of halogens is 2. The molecule has 11 heteroatoms. The van der Waals surface area contributed by atoms with Crippen molar-refractivity contribution >= 4 is 39.8 Å². The van der Waals surface area contributed by atoms with Crippen molar-refractivity contribution < 1.29 is 13.6 Å². The van der Waals surface area contributed by atoms with Crippen LogP contribution >= 0.6 is 11.3 Å². The van der Waals surface area contributed by atoms with E-state index in [1.165, 1.54) is 24.8 Å². The van der Waals surface area contributed by atoms with Crippen molar-refractivity contribution in [1.82, 2.24) is 25.3 Å². The number of hydrogen-bond acceptors (Lipinski definition) is 8. The summed E-state index contributed by atoms with van der Waals surface area (Å²) in [5, 5.41) is 6.72. The van der Waals surface area contributed by atoms with Crippen LogP contribution in [0.25, 0.3) is 21.3 Å². The third kappa shape index (κ3) is 5.21. The first kappa shape index (κ1) is 24.2. The van der Waals surface area contributed by atoms with Gasteiger partial charge in [-0.05, 0) is 54.4 Å². The van der Waals surface area contributed by atoms with Crippen LogP contribution in [0.3, 0.4) is 0 Å². The summed E-state index contributed by atoms with van der Waals surface area (Å²) in [5.41, 5.74) is 8.30. The maximum atomic E-state index is 13.6. The molecule has 0 bridgehead atoms. The van der Waals surface area contributed by atoms with E-state index < -0.39 is 23.6 Å². The average Bonchev–Trinajstić information content (AvgIpc) is 3.38. The highest BCUT2D eigenvalue weighted by Gasteiger charge is 2.18. The van der Waals surface area contributed by atoms with Crippen LogP contribution in [0.1, 0.15) is 33.9 Å². The van der Waals surface area contributed by atoms with Gasteiger partial charge in [0.1, 0.15) is 12.1 Å². The number of nitrogens with zero attached hydrogens (tertiary/aromatic N) is 4. The second-order valence-corrected chi connectivity index (χ2v) is 9.40. The minimum atomic E-state index is -0.976. The molecule has 0 fully saturated rings. The normalized spacial score (nSPS) is 11.9. The second kappa shape index (κ2) is 10.2. The minimum Gasteiger partial charge on any atom is -0.383 e. The number of fused-ring (bicyclic) bond motifs is 1. The van der Waals surface area contributed by atoms with Gasteiger partial charge in [-0.15, -0.1) is 11.3 Å². The molecule has 186 valence electrons. The van der Waals surface area contributed by atoms with Crippen LogP contribution in [0.15, 0.2) is 67.3 Å². The lowest BCUT2D eigenvalue weighted by Crippen LogP contribution is -2.28. The number of hydrogen-bond donors (Lipinski definition) is 3. The van der Waals surface area contributed by atoms with Crippen molar-refractivity contribution in [1.29, 1.82) is 0 Å². The molecule has 0 aliphatic heterocycles. The molecule has 0 spiro atoms. The van der Waals surface area contributed by atoms with Crippen LogP contribution in [0.4, 0.5) is 20.4 Å². The molecule has 5 aromatic rings. The second-order valence-electron chi connectivity index (χ2n) is 8.23. The van der Waals surface area contributed by atoms with Crippen molar-refractivity contribution in [3.8, 4) is 10.4 Å². The van der Waals surface area contributed by atoms with Crippen LogP contribution in [0.2, 0.25) is 0 Å². The lowest BCUT2D eigenvalue weighted by atomic mass is 10.1. The van der Waals surface area contributed by atoms with Gasteiger partial charge in [0.15, 0.2) is 23.1 Å². The molecule has 3 aromatic heterocycles. The largest absolute Gasteiger partial charge is 0.383 e. The van der Waals surface area contributed by atoms with E-state index in [1.54, 1.807) is 18.3 Å². The number of aromatic nitrogens is 4. The number of thiophene rings is 1. The van der Waals surface area contributed by atoms with E-state index >= 15 is 0 Å². The lowest BCUT2D eigenvalue weighted by molar-refractivity contribution is 0.0935. The Balaban J connectivity index is 1.28. The van der Waals surface area contributed by atoms with Gasteiger partial charge in [-0.2, -0.15) is 0 Å². The molecule has 0 saturated carbocycles. The quantitative estimate of drug-likeness (QED) is 0.274. The maximum absolute atomic E-state index is 13.6. The molecule has 1 amide bonds. The van der Waals surface area contributed by atoms with Gasteiger partial charge in [0.05, 0.1) is 18.1 Å². The summed E-state index contributed by atoms with van der Waals surface area (Å²) in [5.74, 6) is -1.68. The Morgan fingerprint density at radius 3 is 2.68 bits per heavy atom. The predicted octanol–water partition coefficient (Wildman–Crippen LogP) is 5.11. The summed E-state index contributed by atoms with van der Waals surface area (Å²) >= 11 is 1.59. The SMILES string of the molecule is CC(NC(=O)c1nccnc1NCc1ccc(-c2ccc3ncnc(N)c3c2)s1)c1ccc(F)c(F)c1. The fourth-order valence-corrected chi connectivity index (χ4v) is 4.74. The Morgan fingerprint density at radius 2 is 1.84 bits per heavy atom. The van der Waals surface area contributed by atoms with Gasteiger partial charge >= 0.3 is 0 Å². The highest BCUT2D eigenvalue weighted by molar-refractivity contribution is 7.15. The first-order valence-electron chi connectivity index (χ1n) is 11.3. The first-order valence-corrected chi connectivity index (χ1v) is 12.1. The fourth-order valence-electron chi connectivity index (χ4n) is 3.79. The summed E-state index contributed by atoms with van der Waals surface area (Å²) in [7, 11) is 0. The van der Waals surface area contributed by atoms with Crippen molar-refractivity contribution in [3.05, 3.63) is 95.0 Å². The molecule has 0 saturated heterocycles. The van der Waals surface area contributed by atoms with E-state index in [4.69, 9.17) is 5.73 Å². The highest BCUT2D eigenvalue weighted by atomic mass is 32.1. The topological polar surface area (TPSA) is 119 Å². The Hall–Kier alpha value is -4.51. The van der Waals surface area contributed by atoms with E-state index in [2.05, 4.69) is 30.6 Å². The van der Waals surface area contributed by atoms with E-state index in [1.807, 2.05) is 30.3 Å². The number of carbonyl (C=O) groups is 1. The Kier molecular flexibility index (Phi) is 6.69. The molecular weight excluding hydrogens is 496 g/mol. The zero-order chi connectivity index (χ0) is 25.9. The molecule has 1 unspecified atom stereocenters. The summed E-state index contributed by atoms with van der Waals surface area (Å²) in [6.45, 7) is 2.09. The van der Waals surface area contributed by atoms with Gasteiger partial charge < -0.3 is 16.4 Å². The highest BCUT2D eigenvalue weighted by Crippen LogP contribution is 2.31. The van der Waals surface area contributed by atoms with Crippen LogP contribution < -0.4 is 16.4 Å². The molecule has 1 atom stereocenters. The number of anilines is 2. The molecule has 2 aromatic carbocycles. The summed E-state index contributed by atoms with van der Waals surface area (Å²) in [6, 6.07) is 12.8. The average molecular weight is 518 g/mol. The van der Waals surface area contributed by atoms with Gasteiger partial charge in [0.2, 0.25) is 0 Å². The monoisotopic (exact) mass is 517 g/mol. The van der Waals surface area contributed by atoms with Crippen molar-refractivity contribution in [2.24, 2.45) is 0 Å². The number of rotatable bonds is 7. The van der Waals surface area contributed by atoms with E-state index in [9.17, 15) is 13.6 Å². The Bertz CT molecular complexity index is 1610. The number of nitrogen functional groups attached to an aromatic ring is 1. The fraction of sp³-hybridized carbons (Fsp3) is 0.115. The number of carbonyl (C=O) groups excluding carboxylic acids is 1. The molecule has 0 radical (unpaired) electrons. The van der Waals surface area contributed by atoms with E-state index in [0.29, 0.717) is 23.7 Å². The maximum Gasteiger partial charge on any atom is 0.274 e. The Labute approximate surface area is 214 Å². The lowest BCUT2D eigenvalue weighted by Gasteiger charge is -2.15. The number of benzene rings is 2. The molecular formula is C26H21F2N7OS. The van der Waals surface area contributed by atoms with Crippen molar-refractivity contribution in [3.63, 3.8) is 0 Å². The van der Waals surface area contributed by atoms with E-state index in [0.717, 1.165) is 38.4 Å². The smallest absolute Gasteiger partial charge is 0.274 e. The van der Waals surface area contributed by atoms with Gasteiger partial charge in [0.25, 0.3) is 5.91 Å². The van der Waals surface area contributed by atoms with Gasteiger partial charge in [-0.3, -0.25) is 4.79 Å². The first-order chi connectivity index (χ1) is 17.9. The van der Waals surface area contributed by atoms with Crippen LogP contribution in [-0.4, -0.2) is 25.8 Å². The zero-order valence-electron chi connectivity index (χ0n) is 19.6. The standard InChI is InChI=1S/C26H21F2N7OS/c1-14(15-2-5-19(27)20(28)11-15)35-26(36)23-25(31-9-8-30-23)32-12-17-4-7-22(37-17)16-3-6-21-18(10-16)24(29)34-13-33-21/h2-11,13-14H,12H2,1H3,(H,31,32)(H,35,36)(H2,29,33,34). The Morgan fingerprint density at radius 1 is 1.00 bits per heavy atom. The van der Waals surface area contributed by atoms with Gasteiger partial charge in [-0.1, -0.05) is 12.1 Å². The van der Waals surface area contributed by atoms with Crippen molar-refractivity contribution in [2.75, 3.05) is 11.1 Å². The van der Waals surface area contributed by atoms with Crippen LogP contribution in [0.5, 0.6) is 0 Å². The van der Waals surface area contributed by atoms with Crippen LogP contribution in [0, 0.1) is 11.6 Å². The summed E-state index contributed by atoms with van der Waals surface area (Å²) in [6.07, 6.45) is 4.34. The molecule has 0 aliphatic rings. The summed E-state index contributed by atoms with van der Waals surface area (Å²) < 4.78 is 26.8. The van der Waals surface area contributed by atoms with Gasteiger partial charge in [-0.25, -0.2) is 28.7 Å². The van der Waals surface area contributed by atoms with Crippen LogP contribution in [-0.2, 0) is 6.54 Å². The number of nitrogens with one attached hydrogen (secondary N) is 2. The summed E-state index contributed by atoms with van der Waals surface area (Å²) in [4.78, 5) is 31.7. The van der Waals surface area contributed by atoms with Gasteiger partial charge in [0, 0.05) is 27.5 Å². The molecule has 37 heavy (non-hydrogen) atoms. The number of amides is 1. The predicted molar refractivity (Wildman–Crippen MR) is 139 cm³/mol. The number of nitrogens with two attached hydrogens (primary N) is 1. The molecule has 8 nitrogen and oxygen atoms in total. The molecule has 4 N–H and O–H groups in total. The molecule has 0 aliphatic carbocycles. The molecule has 5 rings (SSSR count). The third-order valence-electron chi connectivity index (χ3n) is 5.75. The minimum absolute atomic E-state index is 0.0960. The third-order valence-corrected chi connectivity index (χ3v) is 6.88. The van der Waals surface area contributed by atoms with E-state index in [-0.39, 0.29) is 5.69 Å². The van der Waals surface area contributed by atoms with Crippen molar-refractivity contribution in [2.45, 2.75) is 19.5 Å².